The number of thiophene rings is 1. The third-order valence-electron chi connectivity index (χ3n) is 14.8. The summed E-state index contributed by atoms with van der Waals surface area (Å²) in [5, 5.41) is 10.8. The van der Waals surface area contributed by atoms with Crippen LogP contribution in [0.1, 0.15) is 58.4 Å². The molecule has 0 saturated carbocycles. The van der Waals surface area contributed by atoms with Crippen molar-refractivity contribution >= 4 is 31.5 Å². The van der Waals surface area contributed by atoms with Crippen LogP contribution in [0.15, 0.2) is 230 Å². The molecule has 67 heavy (non-hydrogen) atoms. The van der Waals surface area contributed by atoms with Crippen LogP contribution in [0.3, 0.4) is 0 Å². The Morgan fingerprint density at radius 3 is 1.93 bits per heavy atom. The summed E-state index contributed by atoms with van der Waals surface area (Å²) in [6.07, 6.45) is 6.54. The van der Waals surface area contributed by atoms with Crippen molar-refractivity contribution in [3.63, 3.8) is 0 Å². The molecule has 1 spiro atoms. The zero-order valence-corrected chi connectivity index (χ0v) is 37.5. The number of nitrogens with one attached hydrogen (secondary N) is 2. The predicted molar refractivity (Wildman–Crippen MR) is 277 cm³/mol. The summed E-state index contributed by atoms with van der Waals surface area (Å²) in [6.45, 7) is 0. The molecule has 3 heterocycles. The van der Waals surface area contributed by atoms with Gasteiger partial charge in [0.1, 0.15) is 17.7 Å². The molecule has 1 aromatic heterocycles. The van der Waals surface area contributed by atoms with E-state index in [1.54, 1.807) is 0 Å². The molecule has 9 aromatic carbocycles. The molecule has 2 atom stereocenters. The highest BCUT2D eigenvalue weighted by Crippen LogP contribution is 2.64. The molecule has 10 aromatic rings. The molecule has 0 bridgehead atoms. The van der Waals surface area contributed by atoms with Crippen LogP contribution in [-0.4, -0.2) is 0 Å². The van der Waals surface area contributed by atoms with Crippen molar-refractivity contribution in [2.24, 2.45) is 0 Å². The molecule has 0 radical (unpaired) electrons. The van der Waals surface area contributed by atoms with Crippen molar-refractivity contribution in [3.05, 3.63) is 263 Å². The number of allylic oxidation sites excluding steroid dienone is 2. The number of benzene rings is 9. The molecule has 2 aliphatic heterocycles. The lowest BCUT2D eigenvalue weighted by Gasteiger charge is -2.39. The summed E-state index contributed by atoms with van der Waals surface area (Å²) >= 11 is 1.88. The highest BCUT2D eigenvalue weighted by atomic mass is 32.1. The van der Waals surface area contributed by atoms with Crippen LogP contribution in [-0.2, 0) is 5.41 Å². The Balaban J connectivity index is 1.01. The minimum Gasteiger partial charge on any atom is -0.457 e. The van der Waals surface area contributed by atoms with Gasteiger partial charge < -0.3 is 10.1 Å². The Labute approximate surface area is 394 Å². The molecule has 4 heteroatoms. The summed E-state index contributed by atoms with van der Waals surface area (Å²) in [5.74, 6) is 1.80. The Morgan fingerprint density at radius 2 is 1.13 bits per heavy atom. The minimum absolute atomic E-state index is 0.0447. The lowest BCUT2D eigenvalue weighted by Crippen LogP contribution is -2.43. The van der Waals surface area contributed by atoms with E-state index in [1.165, 1.54) is 109 Å². The monoisotopic (exact) mass is 876 g/mol. The fourth-order valence-corrected chi connectivity index (χ4v) is 13.1. The second kappa shape index (κ2) is 15.1. The molecule has 318 valence electrons. The van der Waals surface area contributed by atoms with Gasteiger partial charge in [-0.15, -0.1) is 11.3 Å². The van der Waals surface area contributed by atoms with Gasteiger partial charge >= 0.3 is 0 Å². The van der Waals surface area contributed by atoms with Crippen molar-refractivity contribution in [2.45, 2.75) is 30.5 Å². The van der Waals surface area contributed by atoms with Crippen LogP contribution in [0.2, 0.25) is 0 Å². The molecule has 0 fully saturated rings. The average molecular weight is 877 g/mol. The predicted octanol–water partition coefficient (Wildman–Crippen LogP) is 16.1. The molecule has 3 nitrogen and oxygen atoms in total. The van der Waals surface area contributed by atoms with Crippen molar-refractivity contribution in [2.75, 3.05) is 0 Å². The van der Waals surface area contributed by atoms with Crippen LogP contribution in [0.4, 0.5) is 0 Å². The maximum atomic E-state index is 6.71. The van der Waals surface area contributed by atoms with E-state index in [0.717, 1.165) is 24.3 Å². The molecular formula is C63H44N2OS. The van der Waals surface area contributed by atoms with E-state index in [2.05, 4.69) is 229 Å². The zero-order valence-electron chi connectivity index (χ0n) is 36.7. The first-order valence-corrected chi connectivity index (χ1v) is 24.3. The van der Waals surface area contributed by atoms with Gasteiger partial charge in [0.05, 0.1) is 11.5 Å². The lowest BCUT2D eigenvalue weighted by atomic mass is 9.66. The SMILES string of the molecule is C1=CC2=C(CC1)C(c1cc(-c3ccccc3)c(-c3cccc4c3-c3ccccc3C43c4ccccc4Oc4ccccc43)cc1-c1ccccc1)NC(c1ccc3c(c1)sc1ccccc13)N2. The Morgan fingerprint density at radius 1 is 0.493 bits per heavy atom. The van der Waals surface area contributed by atoms with Gasteiger partial charge in [0, 0.05) is 37.0 Å². The second-order valence-corrected chi connectivity index (χ2v) is 19.3. The zero-order chi connectivity index (χ0) is 44.1. The van der Waals surface area contributed by atoms with E-state index < -0.39 is 5.41 Å². The largest absolute Gasteiger partial charge is 0.457 e. The normalized spacial score (nSPS) is 17.3. The summed E-state index contributed by atoms with van der Waals surface area (Å²) in [7, 11) is 0. The topological polar surface area (TPSA) is 33.3 Å². The van der Waals surface area contributed by atoms with E-state index in [-0.39, 0.29) is 12.2 Å². The Bertz CT molecular complexity index is 3650. The first-order valence-electron chi connectivity index (χ1n) is 23.4. The number of para-hydroxylation sites is 2. The van der Waals surface area contributed by atoms with Crippen LogP contribution >= 0.6 is 11.3 Å². The third-order valence-corrected chi connectivity index (χ3v) is 15.9. The van der Waals surface area contributed by atoms with Crippen LogP contribution in [0.5, 0.6) is 11.5 Å². The van der Waals surface area contributed by atoms with Crippen molar-refractivity contribution in [1.29, 1.82) is 0 Å². The number of hydrogen-bond donors (Lipinski definition) is 2. The van der Waals surface area contributed by atoms with E-state index >= 15 is 0 Å². The van der Waals surface area contributed by atoms with E-state index in [4.69, 9.17) is 4.74 Å². The Hall–Kier alpha value is -7.76. The number of fused-ring (bicyclic) bond motifs is 12. The highest BCUT2D eigenvalue weighted by molar-refractivity contribution is 7.25. The fraction of sp³-hybridized carbons (Fsp3) is 0.0794. The smallest absolute Gasteiger partial charge is 0.132 e. The molecular weight excluding hydrogens is 833 g/mol. The first-order chi connectivity index (χ1) is 33.2. The molecule has 2 aliphatic carbocycles. The van der Waals surface area contributed by atoms with Crippen LogP contribution in [0.25, 0.3) is 64.7 Å². The summed E-state index contributed by atoms with van der Waals surface area (Å²) in [6, 6.07) is 76.2. The standard InChI is InChI=1S/C63H44N2OS/c1-3-18-39(19-4-1)47-38-50(61-46-24-8-13-30-55(46)64-62(65-61)41-34-35-43-42-22-9-16-33-58(42)67-59(43)36-41)48(40-20-5-2-6-21-40)37-49(47)44-25-17-29-54-60(44)45-23-7-10-26-51(45)63(54)52-27-11-14-31-56(52)66-57-32-15-12-28-53(57)63/h1-7,9-23,25-38,61-62,64-65H,8,24H2. The Kier molecular flexibility index (Phi) is 8.70. The molecule has 0 amide bonds. The lowest BCUT2D eigenvalue weighted by molar-refractivity contribution is 0.396. The van der Waals surface area contributed by atoms with Crippen molar-refractivity contribution in [3.8, 4) is 56.0 Å². The van der Waals surface area contributed by atoms with E-state index in [1.807, 2.05) is 11.3 Å². The maximum absolute atomic E-state index is 6.71. The van der Waals surface area contributed by atoms with Gasteiger partial charge in [-0.3, -0.25) is 5.32 Å². The van der Waals surface area contributed by atoms with Gasteiger partial charge in [-0.25, -0.2) is 0 Å². The van der Waals surface area contributed by atoms with Gasteiger partial charge in [0.15, 0.2) is 0 Å². The van der Waals surface area contributed by atoms with E-state index in [0.29, 0.717) is 0 Å². The average Bonchev–Trinajstić information content (AvgIpc) is 3.92. The number of ether oxygens (including phenoxy) is 1. The molecule has 2 N–H and O–H groups in total. The number of hydrogen-bond acceptors (Lipinski definition) is 4. The van der Waals surface area contributed by atoms with Crippen molar-refractivity contribution < 1.29 is 4.74 Å². The fourth-order valence-electron chi connectivity index (χ4n) is 11.9. The third kappa shape index (κ3) is 5.80. The highest BCUT2D eigenvalue weighted by Gasteiger charge is 2.51. The first kappa shape index (κ1) is 38.5. The summed E-state index contributed by atoms with van der Waals surface area (Å²) in [5.41, 5.74) is 19.3. The summed E-state index contributed by atoms with van der Waals surface area (Å²) in [4.78, 5) is 0. The van der Waals surface area contributed by atoms with Gasteiger partial charge in [-0.2, -0.15) is 0 Å². The molecule has 14 rings (SSSR count). The van der Waals surface area contributed by atoms with Crippen LogP contribution in [0, 0.1) is 0 Å². The second-order valence-electron chi connectivity index (χ2n) is 18.2. The van der Waals surface area contributed by atoms with E-state index in [9.17, 15) is 0 Å². The van der Waals surface area contributed by atoms with Crippen molar-refractivity contribution in [1.82, 2.24) is 10.6 Å². The van der Waals surface area contributed by atoms with Gasteiger partial charge in [0.25, 0.3) is 0 Å². The van der Waals surface area contributed by atoms with Crippen LogP contribution < -0.4 is 15.4 Å². The van der Waals surface area contributed by atoms with Gasteiger partial charge in [0.2, 0.25) is 0 Å². The maximum Gasteiger partial charge on any atom is 0.132 e. The molecule has 2 unspecified atom stereocenters. The molecule has 4 aliphatic rings. The molecule has 0 saturated heterocycles. The van der Waals surface area contributed by atoms with Gasteiger partial charge in [-0.05, 0) is 128 Å². The number of rotatable bonds is 5. The minimum atomic E-state index is -0.563. The quantitative estimate of drug-likeness (QED) is 0.181. The van der Waals surface area contributed by atoms with Gasteiger partial charge in [-0.1, -0.05) is 176 Å². The summed E-state index contributed by atoms with van der Waals surface area (Å²) < 4.78 is 9.34.